The van der Waals surface area contributed by atoms with Crippen molar-refractivity contribution in [1.29, 1.82) is 0 Å². The molecule has 1 heterocycles. The van der Waals surface area contributed by atoms with Crippen molar-refractivity contribution in [3.05, 3.63) is 11.4 Å². The molecule has 0 spiro atoms. The predicted octanol–water partition coefficient (Wildman–Crippen LogP) is 0.180. The molecule has 48 valence electrons. The number of rotatable bonds is 2. The number of aldehydes is 1. The molecule has 4 heteroatoms. The third-order valence-electron chi connectivity index (χ3n) is 1.10. The first-order valence-electron chi connectivity index (χ1n) is 2.73. The van der Waals surface area contributed by atoms with E-state index in [1.54, 1.807) is 0 Å². The Morgan fingerprint density at radius 1 is 1.67 bits per heavy atom. The number of aromatic amines is 1. The SMILES string of the molecule is CCc1n[nH]nc1C=O. The van der Waals surface area contributed by atoms with Crippen LogP contribution in [0.5, 0.6) is 0 Å². The zero-order valence-electron chi connectivity index (χ0n) is 5.09. The first-order chi connectivity index (χ1) is 4.38. The van der Waals surface area contributed by atoms with Gasteiger partial charge in [0.2, 0.25) is 0 Å². The van der Waals surface area contributed by atoms with E-state index in [0.717, 1.165) is 12.1 Å². The number of nitrogens with zero attached hydrogens (tertiary/aromatic N) is 2. The maximum atomic E-state index is 10.1. The molecule has 0 aliphatic rings. The Morgan fingerprint density at radius 3 is 2.89 bits per heavy atom. The van der Waals surface area contributed by atoms with E-state index in [4.69, 9.17) is 0 Å². The second kappa shape index (κ2) is 2.39. The van der Waals surface area contributed by atoms with Gasteiger partial charge in [-0.25, -0.2) is 0 Å². The van der Waals surface area contributed by atoms with Crippen LogP contribution in [-0.2, 0) is 6.42 Å². The lowest BCUT2D eigenvalue weighted by Crippen LogP contribution is -1.87. The lowest BCUT2D eigenvalue weighted by atomic mass is 10.3. The molecule has 1 aromatic rings. The molecule has 0 aromatic carbocycles. The van der Waals surface area contributed by atoms with Crippen molar-refractivity contribution in [1.82, 2.24) is 15.4 Å². The molecule has 0 aliphatic heterocycles. The Morgan fingerprint density at radius 2 is 2.44 bits per heavy atom. The second-order valence-electron chi connectivity index (χ2n) is 1.63. The van der Waals surface area contributed by atoms with E-state index in [1.165, 1.54) is 0 Å². The van der Waals surface area contributed by atoms with Gasteiger partial charge in [-0.2, -0.15) is 15.4 Å². The quantitative estimate of drug-likeness (QED) is 0.573. The van der Waals surface area contributed by atoms with Gasteiger partial charge in [-0.05, 0) is 6.42 Å². The number of nitrogens with one attached hydrogen (secondary N) is 1. The molecule has 1 N–H and O–H groups in total. The normalized spacial score (nSPS) is 9.44. The molecule has 0 aliphatic carbocycles. The molecule has 0 fully saturated rings. The molecule has 0 unspecified atom stereocenters. The second-order valence-corrected chi connectivity index (χ2v) is 1.63. The highest BCUT2D eigenvalue weighted by Gasteiger charge is 2.01. The van der Waals surface area contributed by atoms with Gasteiger partial charge in [0.15, 0.2) is 6.29 Å². The van der Waals surface area contributed by atoms with Gasteiger partial charge in [0.25, 0.3) is 0 Å². The Bertz CT molecular complexity index is 206. The first kappa shape index (κ1) is 5.94. The summed E-state index contributed by atoms with van der Waals surface area (Å²) in [7, 11) is 0. The van der Waals surface area contributed by atoms with Crippen LogP contribution in [0.2, 0.25) is 0 Å². The Balaban J connectivity index is 2.98. The lowest BCUT2D eigenvalue weighted by Gasteiger charge is -1.82. The third kappa shape index (κ3) is 0.960. The molecular formula is C5H7N3O. The minimum absolute atomic E-state index is 0.414. The minimum atomic E-state index is 0.414. The highest BCUT2D eigenvalue weighted by molar-refractivity contribution is 5.72. The monoisotopic (exact) mass is 125 g/mol. The van der Waals surface area contributed by atoms with Crippen LogP contribution in [-0.4, -0.2) is 21.7 Å². The number of aromatic nitrogens is 3. The fourth-order valence-corrected chi connectivity index (χ4v) is 0.616. The van der Waals surface area contributed by atoms with Crippen LogP contribution in [0.3, 0.4) is 0 Å². The summed E-state index contributed by atoms with van der Waals surface area (Å²) in [5.74, 6) is 0. The Hall–Kier alpha value is -1.19. The van der Waals surface area contributed by atoms with Gasteiger partial charge in [0, 0.05) is 0 Å². The maximum absolute atomic E-state index is 10.1. The summed E-state index contributed by atoms with van der Waals surface area (Å²) in [6, 6.07) is 0. The van der Waals surface area contributed by atoms with Crippen LogP contribution in [0.25, 0.3) is 0 Å². The first-order valence-corrected chi connectivity index (χ1v) is 2.73. The zero-order chi connectivity index (χ0) is 6.69. The summed E-state index contributed by atoms with van der Waals surface area (Å²) >= 11 is 0. The summed E-state index contributed by atoms with van der Waals surface area (Å²) in [4.78, 5) is 10.1. The molecule has 0 saturated heterocycles. The van der Waals surface area contributed by atoms with Crippen molar-refractivity contribution in [2.75, 3.05) is 0 Å². The topological polar surface area (TPSA) is 58.6 Å². The maximum Gasteiger partial charge on any atom is 0.172 e. The number of carbonyl (C=O) groups is 1. The molecule has 1 aromatic heterocycles. The van der Waals surface area contributed by atoms with Crippen molar-refractivity contribution in [2.45, 2.75) is 13.3 Å². The van der Waals surface area contributed by atoms with E-state index >= 15 is 0 Å². The fraction of sp³-hybridized carbons (Fsp3) is 0.400. The smallest absolute Gasteiger partial charge is 0.172 e. The van der Waals surface area contributed by atoms with E-state index in [1.807, 2.05) is 6.92 Å². The van der Waals surface area contributed by atoms with Crippen molar-refractivity contribution >= 4 is 6.29 Å². The zero-order valence-corrected chi connectivity index (χ0v) is 5.09. The molecule has 0 bridgehead atoms. The van der Waals surface area contributed by atoms with Gasteiger partial charge in [-0.15, -0.1) is 0 Å². The van der Waals surface area contributed by atoms with Crippen molar-refractivity contribution in [3.63, 3.8) is 0 Å². The van der Waals surface area contributed by atoms with Crippen LogP contribution in [0.4, 0.5) is 0 Å². The predicted molar refractivity (Wildman–Crippen MR) is 31.1 cm³/mol. The summed E-state index contributed by atoms with van der Waals surface area (Å²) in [6.45, 7) is 1.92. The average Bonchev–Trinajstić information content (AvgIpc) is 2.33. The van der Waals surface area contributed by atoms with Crippen LogP contribution < -0.4 is 0 Å². The Kier molecular flexibility index (Phi) is 1.58. The van der Waals surface area contributed by atoms with Gasteiger partial charge in [-0.3, -0.25) is 4.79 Å². The van der Waals surface area contributed by atoms with E-state index in [0.29, 0.717) is 12.0 Å². The molecule has 0 atom stereocenters. The average molecular weight is 125 g/mol. The van der Waals surface area contributed by atoms with Crippen LogP contribution >= 0.6 is 0 Å². The van der Waals surface area contributed by atoms with Gasteiger partial charge >= 0.3 is 0 Å². The minimum Gasteiger partial charge on any atom is -0.296 e. The standard InChI is InChI=1S/C5H7N3O/c1-2-4-5(3-9)7-8-6-4/h3H,2H2,1H3,(H,6,7,8). The van der Waals surface area contributed by atoms with Crippen LogP contribution in [0, 0.1) is 0 Å². The summed E-state index contributed by atoms with van der Waals surface area (Å²) in [5, 5.41) is 9.71. The molecular weight excluding hydrogens is 118 g/mol. The number of hydrogen-bond acceptors (Lipinski definition) is 3. The highest BCUT2D eigenvalue weighted by Crippen LogP contribution is 1.96. The summed E-state index contributed by atoms with van der Waals surface area (Å²) in [6.07, 6.45) is 1.44. The van der Waals surface area contributed by atoms with Gasteiger partial charge < -0.3 is 0 Å². The number of aryl methyl sites for hydroxylation is 1. The summed E-state index contributed by atoms with van der Waals surface area (Å²) < 4.78 is 0. The van der Waals surface area contributed by atoms with Gasteiger partial charge in [0.05, 0.1) is 5.69 Å². The number of hydrogen-bond donors (Lipinski definition) is 1. The van der Waals surface area contributed by atoms with Crippen LogP contribution in [0.1, 0.15) is 23.1 Å². The van der Waals surface area contributed by atoms with Crippen molar-refractivity contribution < 1.29 is 4.79 Å². The van der Waals surface area contributed by atoms with E-state index in [2.05, 4.69) is 15.4 Å². The van der Waals surface area contributed by atoms with Gasteiger partial charge in [0.1, 0.15) is 5.69 Å². The van der Waals surface area contributed by atoms with Crippen molar-refractivity contribution in [2.24, 2.45) is 0 Å². The number of carbonyl (C=O) groups excluding carboxylic acids is 1. The highest BCUT2D eigenvalue weighted by atomic mass is 16.1. The van der Waals surface area contributed by atoms with E-state index in [9.17, 15) is 4.79 Å². The molecule has 4 nitrogen and oxygen atoms in total. The summed E-state index contributed by atoms with van der Waals surface area (Å²) in [5.41, 5.74) is 1.14. The molecule has 9 heavy (non-hydrogen) atoms. The van der Waals surface area contributed by atoms with E-state index < -0.39 is 0 Å². The fourth-order valence-electron chi connectivity index (χ4n) is 0.616. The molecule has 0 radical (unpaired) electrons. The number of H-pyrrole nitrogens is 1. The van der Waals surface area contributed by atoms with E-state index in [-0.39, 0.29) is 0 Å². The molecule has 0 amide bonds. The third-order valence-corrected chi connectivity index (χ3v) is 1.10. The largest absolute Gasteiger partial charge is 0.296 e. The molecule has 1 rings (SSSR count). The molecule has 0 saturated carbocycles. The van der Waals surface area contributed by atoms with Gasteiger partial charge in [-0.1, -0.05) is 6.92 Å². The Labute approximate surface area is 52.3 Å². The lowest BCUT2D eigenvalue weighted by molar-refractivity contribution is 0.111. The van der Waals surface area contributed by atoms with Crippen LogP contribution in [0.15, 0.2) is 0 Å². The van der Waals surface area contributed by atoms with Crippen molar-refractivity contribution in [3.8, 4) is 0 Å².